The molecule has 0 radical (unpaired) electrons. The van der Waals surface area contributed by atoms with Crippen molar-refractivity contribution in [2.45, 2.75) is 325 Å². The minimum absolute atomic E-state index is 0.208. The Kier molecular flexibility index (Phi) is 51.9. The van der Waals surface area contributed by atoms with Crippen molar-refractivity contribution in [1.29, 1.82) is 0 Å². The van der Waals surface area contributed by atoms with Gasteiger partial charge in [-0.15, -0.1) is 0 Å². The second kappa shape index (κ2) is 56.6. The SMILES string of the molecule is CC/C=C\C/C=C\C/C=C\C/C=C\C/C=C\C/C=C\CCCCC(=O)NC(COC1OC(CO)C(OC2OC(CO)C(O)C(O)C2O)C(O)C1O)C(O)/C=C/CC/C=C/CC/C=C/CCCCCCCCCCCCCCCCCCCCCCCC. The summed E-state index contributed by atoms with van der Waals surface area (Å²) in [5, 5.41) is 87.3. The molecule has 0 aliphatic carbocycles. The van der Waals surface area contributed by atoms with E-state index in [1.54, 1.807) is 6.08 Å². The summed E-state index contributed by atoms with van der Waals surface area (Å²) in [6.45, 7) is 2.64. The molecule has 0 aromatic rings. The van der Waals surface area contributed by atoms with Crippen molar-refractivity contribution in [1.82, 2.24) is 5.32 Å². The maximum Gasteiger partial charge on any atom is 0.220 e. The maximum absolute atomic E-state index is 13.3. The van der Waals surface area contributed by atoms with Crippen LogP contribution in [0.4, 0.5) is 0 Å². The lowest BCUT2D eigenvalue weighted by Gasteiger charge is -2.46. The van der Waals surface area contributed by atoms with Crippen LogP contribution in [0, 0.1) is 0 Å². The molecule has 2 saturated heterocycles. The van der Waals surface area contributed by atoms with Crippen molar-refractivity contribution in [3.05, 3.63) is 109 Å². The topological polar surface area (TPSA) is 228 Å². The first-order valence-electron chi connectivity index (χ1n) is 34.6. The summed E-state index contributed by atoms with van der Waals surface area (Å²) in [7, 11) is 0. The highest BCUT2D eigenvalue weighted by Crippen LogP contribution is 2.30. The number of ether oxygens (including phenoxy) is 4. The van der Waals surface area contributed by atoms with Crippen LogP contribution in [0.15, 0.2) is 109 Å². The van der Waals surface area contributed by atoms with Crippen LogP contribution in [0.2, 0.25) is 0 Å². The van der Waals surface area contributed by atoms with Gasteiger partial charge >= 0.3 is 0 Å². The number of amides is 1. The minimum Gasteiger partial charge on any atom is -0.394 e. The van der Waals surface area contributed by atoms with Crippen molar-refractivity contribution in [3.8, 4) is 0 Å². The van der Waals surface area contributed by atoms with Crippen LogP contribution in [-0.2, 0) is 23.7 Å². The molecule has 9 N–H and O–H groups in total. The Labute approximate surface area is 527 Å². The smallest absolute Gasteiger partial charge is 0.220 e. The molecule has 14 nitrogen and oxygen atoms in total. The van der Waals surface area contributed by atoms with Crippen LogP contribution in [0.3, 0.4) is 0 Å². The van der Waals surface area contributed by atoms with E-state index in [4.69, 9.17) is 18.9 Å². The van der Waals surface area contributed by atoms with Crippen LogP contribution in [0.1, 0.15) is 251 Å². The molecule has 2 heterocycles. The number of allylic oxidation sites excluding steroid dienone is 17. The summed E-state index contributed by atoms with van der Waals surface area (Å²) in [6, 6.07) is -0.971. The fourth-order valence-corrected chi connectivity index (χ4v) is 10.7. The monoisotopic (exact) mass is 1220 g/mol. The van der Waals surface area contributed by atoms with Crippen LogP contribution in [0.5, 0.6) is 0 Å². The zero-order valence-corrected chi connectivity index (χ0v) is 54.2. The zero-order chi connectivity index (χ0) is 63.1. The molecule has 2 rings (SSSR count). The first-order chi connectivity index (χ1) is 42.6. The van der Waals surface area contributed by atoms with Gasteiger partial charge in [0.2, 0.25) is 5.91 Å². The van der Waals surface area contributed by atoms with E-state index in [9.17, 15) is 45.6 Å². The molecule has 0 aromatic heterocycles. The van der Waals surface area contributed by atoms with Crippen LogP contribution >= 0.6 is 0 Å². The standard InChI is InChI=1S/C73H125NO13/c1-3-5-7-9-11-13-15-17-19-21-23-25-26-27-28-29-30-31-32-33-34-35-37-38-40-42-44-46-48-50-52-54-56-62(77)61(60-84-72-70(83)68(81)71(64(59-76)86-72)87-73-69(82)67(80)66(79)63(58-75)85-73)74-65(78)57-55-53-51-49-47-45-43-41-39-36-24-22-20-18-16-14-12-10-8-6-4-2/h6,8,12,14,18,20,24,36,38,40-41,43,46-49,54,56,61-64,66-73,75-77,79-83H,3-5,7,9-11,13,15-17,19,21-23,25-35,37,39,42,44-45,50-53,55,57-60H2,1-2H3,(H,74,78)/b8-6-,14-12-,20-18-,36-24-,40-38+,43-41-,48-46+,49-47-,56-54+. The third-order valence-corrected chi connectivity index (χ3v) is 16.2. The first kappa shape index (κ1) is 79.7. The summed E-state index contributed by atoms with van der Waals surface area (Å²) < 4.78 is 22.8. The average molecular weight is 1220 g/mol. The number of hydrogen-bond donors (Lipinski definition) is 9. The molecule has 0 aromatic carbocycles. The van der Waals surface area contributed by atoms with E-state index in [2.05, 4.69) is 116 Å². The summed E-state index contributed by atoms with van der Waals surface area (Å²) in [5.74, 6) is -0.298. The van der Waals surface area contributed by atoms with E-state index in [0.29, 0.717) is 12.8 Å². The highest BCUT2D eigenvalue weighted by atomic mass is 16.7. The number of carbonyl (C=O) groups is 1. The summed E-state index contributed by atoms with van der Waals surface area (Å²) in [5.41, 5.74) is 0. The first-order valence-corrected chi connectivity index (χ1v) is 34.6. The van der Waals surface area contributed by atoms with Gasteiger partial charge in [0.15, 0.2) is 12.6 Å². The van der Waals surface area contributed by atoms with Gasteiger partial charge in [0, 0.05) is 6.42 Å². The highest BCUT2D eigenvalue weighted by Gasteiger charge is 2.51. The Hall–Kier alpha value is -3.35. The van der Waals surface area contributed by atoms with E-state index < -0.39 is 86.8 Å². The van der Waals surface area contributed by atoms with Crippen molar-refractivity contribution in [3.63, 3.8) is 0 Å². The molecular weight excluding hydrogens is 1100 g/mol. The van der Waals surface area contributed by atoms with Crippen molar-refractivity contribution < 1.29 is 64.6 Å². The number of carbonyl (C=O) groups excluding carboxylic acids is 1. The molecule has 2 fully saturated rings. The number of aliphatic hydroxyl groups is 8. The third-order valence-electron chi connectivity index (χ3n) is 16.2. The minimum atomic E-state index is -1.80. The van der Waals surface area contributed by atoms with Gasteiger partial charge < -0.3 is 65.1 Å². The molecule has 1 amide bonds. The van der Waals surface area contributed by atoms with Gasteiger partial charge in [-0.3, -0.25) is 4.79 Å². The predicted octanol–water partition coefficient (Wildman–Crippen LogP) is 14.0. The molecule has 0 spiro atoms. The average Bonchev–Trinajstić information content (AvgIpc) is 1.56. The Bertz CT molecular complexity index is 1880. The molecule has 87 heavy (non-hydrogen) atoms. The molecule has 0 bridgehead atoms. The normalized spacial score (nSPS) is 24.0. The third kappa shape index (κ3) is 40.9. The van der Waals surface area contributed by atoms with Gasteiger partial charge in [-0.1, -0.05) is 258 Å². The maximum atomic E-state index is 13.3. The Morgan fingerprint density at radius 2 is 0.805 bits per heavy atom. The molecule has 500 valence electrons. The molecule has 14 heteroatoms. The summed E-state index contributed by atoms with van der Waals surface area (Å²) in [6.07, 6.45) is 64.4. The van der Waals surface area contributed by atoms with Crippen LogP contribution < -0.4 is 5.32 Å². The summed E-state index contributed by atoms with van der Waals surface area (Å²) in [4.78, 5) is 13.3. The number of nitrogens with one attached hydrogen (secondary N) is 1. The van der Waals surface area contributed by atoms with E-state index >= 15 is 0 Å². The fourth-order valence-electron chi connectivity index (χ4n) is 10.7. The second-order valence-corrected chi connectivity index (χ2v) is 23.9. The van der Waals surface area contributed by atoms with Crippen molar-refractivity contribution >= 4 is 5.91 Å². The Morgan fingerprint density at radius 1 is 0.425 bits per heavy atom. The lowest BCUT2D eigenvalue weighted by atomic mass is 9.97. The van der Waals surface area contributed by atoms with Gasteiger partial charge in [-0.25, -0.2) is 0 Å². The van der Waals surface area contributed by atoms with Crippen LogP contribution in [-0.4, -0.2) is 140 Å². The molecule has 2 aliphatic rings. The molecule has 0 saturated carbocycles. The largest absolute Gasteiger partial charge is 0.394 e. The van der Waals surface area contributed by atoms with Gasteiger partial charge in [0.25, 0.3) is 0 Å². The van der Waals surface area contributed by atoms with E-state index in [0.717, 1.165) is 77.0 Å². The van der Waals surface area contributed by atoms with Gasteiger partial charge in [0.05, 0.1) is 32.0 Å². The number of unbranched alkanes of at least 4 members (excludes halogenated alkanes) is 26. The lowest BCUT2D eigenvalue weighted by Crippen LogP contribution is -2.65. The molecule has 12 unspecified atom stereocenters. The van der Waals surface area contributed by atoms with Crippen molar-refractivity contribution in [2.75, 3.05) is 19.8 Å². The quantitative estimate of drug-likeness (QED) is 0.0204. The zero-order valence-electron chi connectivity index (χ0n) is 54.2. The second-order valence-electron chi connectivity index (χ2n) is 23.9. The number of rotatable bonds is 55. The number of aliphatic hydroxyl groups excluding tert-OH is 8. The molecular formula is C73H125NO13. The van der Waals surface area contributed by atoms with Gasteiger partial charge in [0.1, 0.15) is 48.8 Å². The van der Waals surface area contributed by atoms with Gasteiger partial charge in [-0.05, 0) is 96.3 Å². The Balaban J connectivity index is 1.73. The van der Waals surface area contributed by atoms with E-state index in [1.807, 2.05) is 6.08 Å². The van der Waals surface area contributed by atoms with Crippen LogP contribution in [0.25, 0.3) is 0 Å². The summed E-state index contributed by atoms with van der Waals surface area (Å²) >= 11 is 0. The van der Waals surface area contributed by atoms with E-state index in [1.165, 1.54) is 141 Å². The van der Waals surface area contributed by atoms with Gasteiger partial charge in [-0.2, -0.15) is 0 Å². The molecule has 12 atom stereocenters. The fraction of sp³-hybridized carbons (Fsp3) is 0.740. The predicted molar refractivity (Wildman–Crippen MR) is 355 cm³/mol. The Morgan fingerprint density at radius 3 is 1.26 bits per heavy atom. The van der Waals surface area contributed by atoms with Crippen molar-refractivity contribution in [2.24, 2.45) is 0 Å². The lowest BCUT2D eigenvalue weighted by molar-refractivity contribution is -0.359. The number of hydrogen-bond acceptors (Lipinski definition) is 13. The molecule has 2 aliphatic heterocycles. The van der Waals surface area contributed by atoms with E-state index in [-0.39, 0.29) is 18.9 Å². The highest BCUT2D eigenvalue weighted by molar-refractivity contribution is 5.76.